The Morgan fingerprint density at radius 2 is 1.81 bits per heavy atom. The highest BCUT2D eigenvalue weighted by Crippen LogP contribution is 2.33. The van der Waals surface area contributed by atoms with E-state index in [1.807, 2.05) is 37.3 Å². The Morgan fingerprint density at radius 1 is 1.00 bits per heavy atom. The molecule has 21 heavy (non-hydrogen) atoms. The highest BCUT2D eigenvalue weighted by atomic mass is 16.5. The smallest absolute Gasteiger partial charge is 0.338 e. The molecule has 0 spiro atoms. The van der Waals surface area contributed by atoms with Crippen LogP contribution in [0.15, 0.2) is 48.5 Å². The molecular weight excluding hydrogens is 264 g/mol. The van der Waals surface area contributed by atoms with Gasteiger partial charge in [0.1, 0.15) is 0 Å². The largest absolute Gasteiger partial charge is 0.462 e. The van der Waals surface area contributed by atoms with Crippen LogP contribution in [0.5, 0.6) is 5.75 Å². The Labute approximate surface area is 122 Å². The molecule has 3 nitrogen and oxygen atoms in total. The molecule has 3 rings (SSSR count). The Kier molecular flexibility index (Phi) is 3.48. The van der Waals surface area contributed by atoms with E-state index in [1.54, 1.807) is 12.1 Å². The summed E-state index contributed by atoms with van der Waals surface area (Å²) in [5.41, 5.74) is 0.317. The van der Waals surface area contributed by atoms with E-state index in [0.717, 1.165) is 22.6 Å². The number of fused-ring (bicyclic) bond motifs is 3. The molecular formula is C18H15O3. The van der Waals surface area contributed by atoms with Crippen LogP contribution in [0.25, 0.3) is 21.5 Å². The van der Waals surface area contributed by atoms with Crippen LogP contribution in [-0.2, 0) is 9.84 Å². The summed E-state index contributed by atoms with van der Waals surface area (Å²) in [5.74, 6) is -0.592. The number of ether oxygens (including phenoxy) is 1. The third-order valence-electron chi connectivity index (χ3n) is 3.50. The van der Waals surface area contributed by atoms with Gasteiger partial charge in [-0.25, -0.2) is 4.79 Å². The lowest BCUT2D eigenvalue weighted by atomic mass is 9.99. The van der Waals surface area contributed by atoms with Crippen LogP contribution < -0.4 is 0 Å². The van der Waals surface area contributed by atoms with Gasteiger partial charge in [-0.3, -0.25) is 5.11 Å². The first-order valence-corrected chi connectivity index (χ1v) is 7.00. The molecule has 3 aromatic rings. The van der Waals surface area contributed by atoms with Crippen molar-refractivity contribution in [3.05, 3.63) is 54.1 Å². The number of carbonyl (C=O) groups is 1. The minimum atomic E-state index is -0.441. The van der Waals surface area contributed by atoms with Gasteiger partial charge in [-0.2, -0.15) is 0 Å². The Balaban J connectivity index is 2.21. The lowest BCUT2D eigenvalue weighted by Gasteiger charge is -2.08. The Hall–Kier alpha value is -2.55. The molecule has 105 valence electrons. The molecule has 0 aromatic heterocycles. The molecule has 1 radical (unpaired) electrons. The monoisotopic (exact) mass is 279 g/mol. The quantitative estimate of drug-likeness (QED) is 0.515. The lowest BCUT2D eigenvalue weighted by Crippen LogP contribution is -2.05. The second-order valence-corrected chi connectivity index (χ2v) is 4.99. The van der Waals surface area contributed by atoms with Gasteiger partial charge in [0.05, 0.1) is 12.2 Å². The SMILES string of the molecule is CCCOC(=O)c1cc([O])c2ccc3ccccc3c2c1. The minimum Gasteiger partial charge on any atom is -0.462 e. The number of esters is 1. The summed E-state index contributed by atoms with van der Waals surface area (Å²) in [6.07, 6.45) is 0.756. The van der Waals surface area contributed by atoms with Gasteiger partial charge in [0.2, 0.25) is 0 Å². The van der Waals surface area contributed by atoms with Crippen LogP contribution in [0.1, 0.15) is 23.7 Å². The highest BCUT2D eigenvalue weighted by Gasteiger charge is 2.13. The van der Waals surface area contributed by atoms with E-state index in [4.69, 9.17) is 4.74 Å². The van der Waals surface area contributed by atoms with Crippen molar-refractivity contribution in [3.63, 3.8) is 0 Å². The lowest BCUT2D eigenvalue weighted by molar-refractivity contribution is 0.0504. The van der Waals surface area contributed by atoms with Crippen LogP contribution in [0.4, 0.5) is 0 Å². The van der Waals surface area contributed by atoms with Crippen LogP contribution in [0.3, 0.4) is 0 Å². The molecule has 3 aromatic carbocycles. The van der Waals surface area contributed by atoms with Crippen molar-refractivity contribution in [3.8, 4) is 5.75 Å². The van der Waals surface area contributed by atoms with Crippen molar-refractivity contribution in [2.75, 3.05) is 6.61 Å². The van der Waals surface area contributed by atoms with E-state index in [-0.39, 0.29) is 5.75 Å². The zero-order chi connectivity index (χ0) is 14.8. The average molecular weight is 279 g/mol. The van der Waals surface area contributed by atoms with Crippen molar-refractivity contribution in [2.24, 2.45) is 0 Å². The standard InChI is InChI=1S/C18H15O3/c1-2-9-21-18(20)13-10-16-14-6-4-3-5-12(14)7-8-15(16)17(19)11-13/h3-8,10-11H,2,9H2,1H3. The van der Waals surface area contributed by atoms with Gasteiger partial charge in [0.15, 0.2) is 5.75 Å². The molecule has 0 amide bonds. The van der Waals surface area contributed by atoms with Gasteiger partial charge in [-0.05, 0) is 34.7 Å². The molecule has 0 bridgehead atoms. The van der Waals surface area contributed by atoms with E-state index in [1.165, 1.54) is 6.07 Å². The maximum Gasteiger partial charge on any atom is 0.338 e. The topological polar surface area (TPSA) is 46.2 Å². The van der Waals surface area contributed by atoms with Gasteiger partial charge in [-0.15, -0.1) is 0 Å². The zero-order valence-electron chi connectivity index (χ0n) is 11.8. The fourth-order valence-electron chi connectivity index (χ4n) is 2.48. The van der Waals surface area contributed by atoms with E-state index in [0.29, 0.717) is 17.6 Å². The van der Waals surface area contributed by atoms with Gasteiger partial charge < -0.3 is 4.74 Å². The fraction of sp³-hybridized carbons (Fsp3) is 0.167. The van der Waals surface area contributed by atoms with Crippen LogP contribution >= 0.6 is 0 Å². The fourth-order valence-corrected chi connectivity index (χ4v) is 2.48. The van der Waals surface area contributed by atoms with Gasteiger partial charge in [0.25, 0.3) is 0 Å². The second-order valence-electron chi connectivity index (χ2n) is 4.99. The van der Waals surface area contributed by atoms with Crippen LogP contribution in [-0.4, -0.2) is 12.6 Å². The number of hydrogen-bond donors (Lipinski definition) is 0. The van der Waals surface area contributed by atoms with Crippen molar-refractivity contribution in [1.29, 1.82) is 0 Å². The summed E-state index contributed by atoms with van der Waals surface area (Å²) in [5, 5.41) is 15.6. The van der Waals surface area contributed by atoms with Crippen molar-refractivity contribution in [2.45, 2.75) is 13.3 Å². The van der Waals surface area contributed by atoms with Crippen molar-refractivity contribution < 1.29 is 14.6 Å². The maximum atomic E-state index is 12.2. The number of hydrogen-bond acceptors (Lipinski definition) is 2. The molecule has 0 aliphatic carbocycles. The normalized spacial score (nSPS) is 10.9. The average Bonchev–Trinajstić information content (AvgIpc) is 2.52. The molecule has 0 fully saturated rings. The molecule has 0 saturated carbocycles. The summed E-state index contributed by atoms with van der Waals surface area (Å²) < 4.78 is 5.12. The summed E-state index contributed by atoms with van der Waals surface area (Å²) in [4.78, 5) is 12.0. The van der Waals surface area contributed by atoms with Gasteiger partial charge in [0, 0.05) is 11.5 Å². The zero-order valence-corrected chi connectivity index (χ0v) is 11.8. The Bertz CT molecular complexity index is 821. The van der Waals surface area contributed by atoms with Crippen LogP contribution in [0, 0.1) is 0 Å². The van der Waals surface area contributed by atoms with E-state index in [9.17, 15) is 9.90 Å². The molecule has 0 aliphatic heterocycles. The van der Waals surface area contributed by atoms with Crippen LogP contribution in [0.2, 0.25) is 0 Å². The molecule has 0 N–H and O–H groups in total. The molecule has 0 atom stereocenters. The second kappa shape index (κ2) is 5.44. The van der Waals surface area contributed by atoms with E-state index >= 15 is 0 Å². The van der Waals surface area contributed by atoms with E-state index < -0.39 is 5.97 Å². The van der Waals surface area contributed by atoms with Gasteiger partial charge >= 0.3 is 5.97 Å². The summed E-state index contributed by atoms with van der Waals surface area (Å²) in [6.45, 7) is 2.29. The predicted molar refractivity (Wildman–Crippen MR) is 82.2 cm³/mol. The summed E-state index contributed by atoms with van der Waals surface area (Å²) >= 11 is 0. The maximum absolute atomic E-state index is 12.2. The molecule has 0 aliphatic rings. The summed E-state index contributed by atoms with van der Waals surface area (Å²) in [7, 11) is 0. The summed E-state index contributed by atoms with van der Waals surface area (Å²) in [6, 6.07) is 14.7. The first-order valence-electron chi connectivity index (χ1n) is 7.00. The third-order valence-corrected chi connectivity index (χ3v) is 3.50. The third kappa shape index (κ3) is 2.42. The Morgan fingerprint density at radius 3 is 2.62 bits per heavy atom. The molecule has 0 heterocycles. The van der Waals surface area contributed by atoms with Crippen molar-refractivity contribution in [1.82, 2.24) is 0 Å². The first kappa shape index (κ1) is 13.4. The number of benzene rings is 3. The number of carbonyl (C=O) groups excluding carboxylic acids is 1. The molecule has 0 unspecified atom stereocenters. The molecule has 0 saturated heterocycles. The van der Waals surface area contributed by atoms with Crippen molar-refractivity contribution >= 4 is 27.5 Å². The predicted octanol–water partition coefficient (Wildman–Crippen LogP) is 4.70. The first-order chi connectivity index (χ1) is 10.2. The highest BCUT2D eigenvalue weighted by molar-refractivity contribution is 6.11. The van der Waals surface area contributed by atoms with Gasteiger partial charge in [-0.1, -0.05) is 37.3 Å². The number of rotatable bonds is 3. The minimum absolute atomic E-state index is 0.151. The van der Waals surface area contributed by atoms with E-state index in [2.05, 4.69) is 0 Å². The molecule has 3 heteroatoms.